The van der Waals surface area contributed by atoms with E-state index in [2.05, 4.69) is 55.3 Å². The SMILES string of the molecule is O=S(=O)(Oc1cc(Br)c2sc3ccc(N(c4ccccc4)c4ccc5sc6ccccc6c5c4)cc3c2c1)C(F)(F)F. The Hall–Kier alpha value is -3.64. The largest absolute Gasteiger partial charge is 0.534 e. The molecule has 210 valence electrons. The van der Waals surface area contributed by atoms with Gasteiger partial charge in [-0.2, -0.15) is 21.6 Å². The van der Waals surface area contributed by atoms with E-state index in [0.717, 1.165) is 37.2 Å². The van der Waals surface area contributed by atoms with Gasteiger partial charge >= 0.3 is 15.6 Å². The van der Waals surface area contributed by atoms with Crippen molar-refractivity contribution in [3.63, 3.8) is 0 Å². The molecule has 0 aliphatic carbocycles. The van der Waals surface area contributed by atoms with E-state index in [9.17, 15) is 21.6 Å². The van der Waals surface area contributed by atoms with Gasteiger partial charge in [0, 0.05) is 61.9 Å². The Bertz CT molecular complexity index is 2260. The van der Waals surface area contributed by atoms with Crippen molar-refractivity contribution in [1.82, 2.24) is 0 Å². The van der Waals surface area contributed by atoms with Crippen molar-refractivity contribution < 1.29 is 25.8 Å². The van der Waals surface area contributed by atoms with Gasteiger partial charge in [0.05, 0.1) is 0 Å². The topological polar surface area (TPSA) is 46.6 Å². The zero-order chi connectivity index (χ0) is 29.2. The molecule has 2 heterocycles. The molecule has 0 bridgehead atoms. The van der Waals surface area contributed by atoms with E-state index in [0.29, 0.717) is 9.86 Å². The highest BCUT2D eigenvalue weighted by Gasteiger charge is 2.48. The highest BCUT2D eigenvalue weighted by atomic mass is 79.9. The van der Waals surface area contributed by atoms with Crippen LogP contribution < -0.4 is 9.08 Å². The summed E-state index contributed by atoms with van der Waals surface area (Å²) in [6.45, 7) is 0. The molecule has 42 heavy (non-hydrogen) atoms. The molecular formula is C31H17BrF3NO3S3. The molecule has 0 fully saturated rings. The standard InChI is InChI=1S/C31H17BrF3NO3S3/c32-26-17-21(39-42(37,38)31(33,34)35)16-25-24-15-20(11-13-29(24)41-30(25)26)36(18-6-2-1-3-7-18)19-10-12-28-23(14-19)22-8-4-5-9-27(22)40-28/h1-17H. The highest BCUT2D eigenvalue weighted by molar-refractivity contribution is 9.10. The molecule has 5 aromatic carbocycles. The predicted molar refractivity (Wildman–Crippen MR) is 170 cm³/mol. The smallest absolute Gasteiger partial charge is 0.376 e. The normalized spacial score (nSPS) is 12.5. The number of alkyl halides is 3. The van der Waals surface area contributed by atoms with Crippen molar-refractivity contribution in [3.05, 3.63) is 108 Å². The number of fused-ring (bicyclic) bond motifs is 6. The molecule has 0 unspecified atom stereocenters. The van der Waals surface area contributed by atoms with Crippen LogP contribution >= 0.6 is 38.6 Å². The second-order valence-corrected chi connectivity index (χ2v) is 14.0. The van der Waals surface area contributed by atoms with Crippen molar-refractivity contribution in [2.75, 3.05) is 4.90 Å². The van der Waals surface area contributed by atoms with Gasteiger partial charge in [0.2, 0.25) is 0 Å². The molecule has 0 amide bonds. The fourth-order valence-electron chi connectivity index (χ4n) is 5.04. The minimum atomic E-state index is -5.82. The highest BCUT2D eigenvalue weighted by Crippen LogP contribution is 2.45. The number of nitrogens with zero attached hydrogens (tertiary/aromatic N) is 1. The molecule has 0 saturated heterocycles. The van der Waals surface area contributed by atoms with Crippen LogP contribution in [0.15, 0.2) is 108 Å². The summed E-state index contributed by atoms with van der Waals surface area (Å²) < 4.78 is 71.5. The fraction of sp³-hybridized carbons (Fsp3) is 0.0323. The molecule has 0 atom stereocenters. The van der Waals surface area contributed by atoms with Gasteiger partial charge in [0.15, 0.2) is 0 Å². The summed E-state index contributed by atoms with van der Waals surface area (Å²) in [5.41, 5.74) is -2.84. The van der Waals surface area contributed by atoms with Gasteiger partial charge in [-0.05, 0) is 82.7 Å². The van der Waals surface area contributed by atoms with Gasteiger partial charge in [0.1, 0.15) is 5.75 Å². The van der Waals surface area contributed by atoms with Crippen LogP contribution in [0.2, 0.25) is 0 Å². The Labute approximate surface area is 254 Å². The Kier molecular flexibility index (Phi) is 6.46. The van der Waals surface area contributed by atoms with Gasteiger partial charge in [-0.25, -0.2) is 0 Å². The van der Waals surface area contributed by atoms with Crippen molar-refractivity contribution >= 4 is 106 Å². The van der Waals surface area contributed by atoms with Crippen molar-refractivity contribution in [3.8, 4) is 5.75 Å². The molecule has 0 spiro atoms. The van der Waals surface area contributed by atoms with E-state index in [4.69, 9.17) is 0 Å². The number of halogens is 4. The number of rotatable bonds is 5. The Morgan fingerprint density at radius 1 is 0.643 bits per heavy atom. The average Bonchev–Trinajstić information content (AvgIpc) is 3.51. The number of benzene rings is 5. The van der Waals surface area contributed by atoms with Crippen molar-refractivity contribution in [2.24, 2.45) is 0 Å². The lowest BCUT2D eigenvalue weighted by Gasteiger charge is -2.25. The molecule has 11 heteroatoms. The molecule has 0 saturated carbocycles. The lowest BCUT2D eigenvalue weighted by atomic mass is 10.1. The molecular weight excluding hydrogens is 667 g/mol. The lowest BCUT2D eigenvalue weighted by molar-refractivity contribution is -0.0500. The summed E-state index contributed by atoms with van der Waals surface area (Å²) in [7, 11) is -5.82. The average molecular weight is 685 g/mol. The quantitative estimate of drug-likeness (QED) is 0.134. The minimum absolute atomic E-state index is 0.425. The molecule has 7 rings (SSSR count). The van der Waals surface area contributed by atoms with Crippen LogP contribution in [0.1, 0.15) is 0 Å². The molecule has 0 N–H and O–H groups in total. The Balaban J connectivity index is 1.41. The van der Waals surface area contributed by atoms with E-state index >= 15 is 0 Å². The summed E-state index contributed by atoms with van der Waals surface area (Å²) >= 11 is 6.57. The second kappa shape index (κ2) is 9.98. The van der Waals surface area contributed by atoms with E-state index in [1.807, 2.05) is 60.7 Å². The monoisotopic (exact) mass is 683 g/mol. The van der Waals surface area contributed by atoms with Gasteiger partial charge in [0.25, 0.3) is 0 Å². The zero-order valence-electron chi connectivity index (χ0n) is 21.2. The van der Waals surface area contributed by atoms with Gasteiger partial charge < -0.3 is 9.08 Å². The first-order valence-corrected chi connectivity index (χ1v) is 16.4. The molecule has 0 aliphatic rings. The van der Waals surface area contributed by atoms with E-state index in [1.54, 1.807) is 11.3 Å². The molecule has 7 aromatic rings. The summed E-state index contributed by atoms with van der Waals surface area (Å²) in [5, 5.41) is 3.66. The third kappa shape index (κ3) is 4.60. The Morgan fingerprint density at radius 2 is 1.24 bits per heavy atom. The van der Waals surface area contributed by atoms with Gasteiger partial charge in [-0.1, -0.05) is 36.4 Å². The third-order valence-electron chi connectivity index (χ3n) is 6.86. The summed E-state index contributed by atoms with van der Waals surface area (Å²) in [4.78, 5) is 2.12. The van der Waals surface area contributed by atoms with Crippen molar-refractivity contribution in [2.45, 2.75) is 5.51 Å². The van der Waals surface area contributed by atoms with Gasteiger partial charge in [-0.3, -0.25) is 0 Å². The second-order valence-electron chi connectivity index (χ2n) is 9.50. The molecule has 0 radical (unpaired) electrons. The van der Waals surface area contributed by atoms with Crippen LogP contribution in [-0.2, 0) is 10.1 Å². The fourth-order valence-corrected chi connectivity index (χ4v) is 8.32. The molecule has 2 aromatic heterocycles. The van der Waals surface area contributed by atoms with Crippen molar-refractivity contribution in [1.29, 1.82) is 0 Å². The summed E-state index contributed by atoms with van der Waals surface area (Å²) in [6.07, 6.45) is 0. The van der Waals surface area contributed by atoms with Crippen LogP contribution in [0.4, 0.5) is 30.2 Å². The number of hydrogen-bond acceptors (Lipinski definition) is 6. The molecule has 4 nitrogen and oxygen atoms in total. The van der Waals surface area contributed by atoms with E-state index in [1.165, 1.54) is 38.3 Å². The maximum absolute atomic E-state index is 13.0. The van der Waals surface area contributed by atoms with E-state index in [-0.39, 0.29) is 0 Å². The van der Waals surface area contributed by atoms with Crippen LogP contribution in [0.25, 0.3) is 40.3 Å². The zero-order valence-corrected chi connectivity index (χ0v) is 25.3. The van der Waals surface area contributed by atoms with E-state index < -0.39 is 21.4 Å². The van der Waals surface area contributed by atoms with Crippen LogP contribution in [0, 0.1) is 0 Å². The summed E-state index contributed by atoms with van der Waals surface area (Å²) in [5.74, 6) is -0.425. The number of hydrogen-bond donors (Lipinski definition) is 0. The number of thiophene rings is 2. The Morgan fingerprint density at radius 3 is 1.93 bits per heavy atom. The van der Waals surface area contributed by atoms with Crippen LogP contribution in [0.5, 0.6) is 5.75 Å². The van der Waals surface area contributed by atoms with Crippen LogP contribution in [0.3, 0.4) is 0 Å². The number of anilines is 3. The maximum Gasteiger partial charge on any atom is 0.534 e. The first-order chi connectivity index (χ1) is 20.1. The van der Waals surface area contributed by atoms with Crippen LogP contribution in [-0.4, -0.2) is 13.9 Å². The first-order valence-electron chi connectivity index (χ1n) is 12.5. The summed E-state index contributed by atoms with van der Waals surface area (Å²) in [6, 6.07) is 33.0. The first kappa shape index (κ1) is 27.2. The molecule has 0 aliphatic heterocycles. The third-order valence-corrected chi connectivity index (χ3v) is 11.1. The van der Waals surface area contributed by atoms with Gasteiger partial charge in [-0.15, -0.1) is 22.7 Å². The maximum atomic E-state index is 13.0. The predicted octanol–water partition coefficient (Wildman–Crippen LogP) is 10.9. The minimum Gasteiger partial charge on any atom is -0.376 e. The number of para-hydroxylation sites is 1. The lowest BCUT2D eigenvalue weighted by Crippen LogP contribution is -2.28.